The van der Waals surface area contributed by atoms with Crippen molar-refractivity contribution in [3.05, 3.63) is 33.3 Å². The number of hydrogen-bond acceptors (Lipinski definition) is 2. The van der Waals surface area contributed by atoms with Crippen LogP contribution in [0.5, 0.6) is 0 Å². The lowest BCUT2D eigenvalue weighted by atomic mass is 9.92. The van der Waals surface area contributed by atoms with Crippen LogP contribution in [0.25, 0.3) is 0 Å². The Morgan fingerprint density at radius 2 is 1.95 bits per heavy atom. The minimum Gasteiger partial charge on any atom is -0.480 e. The highest BCUT2D eigenvalue weighted by atomic mass is 79.9. The van der Waals surface area contributed by atoms with Gasteiger partial charge in [-0.3, -0.25) is 4.79 Å². The summed E-state index contributed by atoms with van der Waals surface area (Å²) in [5.74, 6) is -1.47. The van der Waals surface area contributed by atoms with Crippen LogP contribution in [0.3, 0.4) is 0 Å². The molecular formula is C13H15BrClNO3. The van der Waals surface area contributed by atoms with Crippen LogP contribution in [0.15, 0.2) is 22.7 Å². The van der Waals surface area contributed by atoms with Crippen LogP contribution >= 0.6 is 27.5 Å². The topological polar surface area (TPSA) is 66.4 Å². The first kappa shape index (κ1) is 16.0. The van der Waals surface area contributed by atoms with Crippen molar-refractivity contribution in [2.45, 2.75) is 32.2 Å². The summed E-state index contributed by atoms with van der Waals surface area (Å²) in [7, 11) is 0. The van der Waals surface area contributed by atoms with Crippen LogP contribution in [-0.2, 0) is 4.79 Å². The molecule has 2 N–H and O–H groups in total. The van der Waals surface area contributed by atoms with Crippen molar-refractivity contribution in [1.82, 2.24) is 5.32 Å². The highest BCUT2D eigenvalue weighted by Crippen LogP contribution is 2.23. The second kappa shape index (κ2) is 6.39. The molecule has 0 atom stereocenters. The van der Waals surface area contributed by atoms with Crippen molar-refractivity contribution in [2.24, 2.45) is 0 Å². The summed E-state index contributed by atoms with van der Waals surface area (Å²) in [6.07, 6.45) is 0.631. The smallest absolute Gasteiger partial charge is 0.329 e. The molecule has 0 heterocycles. The van der Waals surface area contributed by atoms with E-state index in [9.17, 15) is 14.7 Å². The molecule has 1 amide bonds. The number of rotatable bonds is 5. The third-order valence-electron chi connectivity index (χ3n) is 3.15. The van der Waals surface area contributed by atoms with Crippen LogP contribution in [0.1, 0.15) is 37.0 Å². The van der Waals surface area contributed by atoms with Gasteiger partial charge in [-0.05, 0) is 47.0 Å². The third kappa shape index (κ3) is 3.48. The maximum absolute atomic E-state index is 12.2. The second-order valence-electron chi connectivity index (χ2n) is 4.17. The first-order chi connectivity index (χ1) is 8.86. The van der Waals surface area contributed by atoms with Gasteiger partial charge in [-0.1, -0.05) is 25.4 Å². The van der Waals surface area contributed by atoms with Gasteiger partial charge in [-0.15, -0.1) is 0 Å². The van der Waals surface area contributed by atoms with Gasteiger partial charge in [-0.25, -0.2) is 4.79 Å². The summed E-state index contributed by atoms with van der Waals surface area (Å²) >= 11 is 9.05. The lowest BCUT2D eigenvalue weighted by molar-refractivity contribution is -0.144. The number of carbonyl (C=O) groups is 2. The molecule has 6 heteroatoms. The predicted molar refractivity (Wildman–Crippen MR) is 77.6 cm³/mol. The fraction of sp³-hybridized carbons (Fsp3) is 0.385. The molecule has 0 aromatic heterocycles. The second-order valence-corrected chi connectivity index (χ2v) is 5.46. The van der Waals surface area contributed by atoms with Gasteiger partial charge in [-0.2, -0.15) is 0 Å². The number of benzene rings is 1. The molecule has 0 saturated carbocycles. The summed E-state index contributed by atoms with van der Waals surface area (Å²) in [5.41, 5.74) is -0.882. The minimum atomic E-state index is -1.24. The van der Waals surface area contributed by atoms with Crippen molar-refractivity contribution in [1.29, 1.82) is 0 Å². The van der Waals surface area contributed by atoms with Crippen molar-refractivity contribution in [3.8, 4) is 0 Å². The number of halogens is 2. The molecule has 0 radical (unpaired) electrons. The standard InChI is InChI=1S/C13H15BrClNO3/c1-3-13(4-2,12(18)19)16-11(17)9-6-5-8(15)7-10(9)14/h5-7H,3-4H2,1-2H3,(H,16,17)(H,18,19). The predicted octanol–water partition coefficient (Wildman–Crippen LogP) is 3.48. The number of nitrogens with one attached hydrogen (secondary N) is 1. The van der Waals surface area contributed by atoms with Gasteiger partial charge in [0.2, 0.25) is 0 Å². The van der Waals surface area contributed by atoms with Crippen LogP contribution in [0.2, 0.25) is 5.02 Å². The van der Waals surface area contributed by atoms with Crippen molar-refractivity contribution in [2.75, 3.05) is 0 Å². The molecule has 1 rings (SSSR count). The third-order valence-corrected chi connectivity index (χ3v) is 4.04. The Kier molecular flexibility index (Phi) is 5.38. The number of carboxylic acids is 1. The van der Waals surface area contributed by atoms with Crippen molar-refractivity contribution >= 4 is 39.4 Å². The van der Waals surface area contributed by atoms with E-state index in [1.54, 1.807) is 32.0 Å². The van der Waals surface area contributed by atoms with E-state index in [-0.39, 0.29) is 0 Å². The molecule has 4 nitrogen and oxygen atoms in total. The number of carbonyl (C=O) groups excluding carboxylic acids is 1. The Morgan fingerprint density at radius 1 is 1.37 bits per heavy atom. The van der Waals surface area contributed by atoms with E-state index in [1.165, 1.54) is 0 Å². The Morgan fingerprint density at radius 3 is 2.37 bits per heavy atom. The quantitative estimate of drug-likeness (QED) is 0.856. The lowest BCUT2D eigenvalue weighted by Gasteiger charge is -2.28. The number of hydrogen-bond donors (Lipinski definition) is 2. The van der Waals surface area contributed by atoms with Gasteiger partial charge in [0.05, 0.1) is 5.56 Å². The zero-order chi connectivity index (χ0) is 14.6. The van der Waals surface area contributed by atoms with Gasteiger partial charge in [0.15, 0.2) is 0 Å². The summed E-state index contributed by atoms with van der Waals surface area (Å²) in [5, 5.41) is 12.4. The fourth-order valence-corrected chi connectivity index (χ4v) is 2.60. The van der Waals surface area contributed by atoms with E-state index in [1.807, 2.05) is 0 Å². The maximum Gasteiger partial charge on any atom is 0.329 e. The van der Waals surface area contributed by atoms with Crippen LogP contribution in [0, 0.1) is 0 Å². The average Bonchev–Trinajstić information content (AvgIpc) is 2.35. The molecule has 0 aliphatic heterocycles. The van der Waals surface area contributed by atoms with E-state index in [0.717, 1.165) is 0 Å². The molecule has 104 valence electrons. The van der Waals surface area contributed by atoms with E-state index in [2.05, 4.69) is 21.2 Å². The van der Waals surface area contributed by atoms with Crippen molar-refractivity contribution < 1.29 is 14.7 Å². The van der Waals surface area contributed by atoms with Gasteiger partial charge in [0.25, 0.3) is 5.91 Å². The van der Waals surface area contributed by atoms with E-state index in [0.29, 0.717) is 27.9 Å². The Labute approximate surface area is 125 Å². The summed E-state index contributed by atoms with van der Waals surface area (Å²) in [6, 6.07) is 4.73. The van der Waals surface area contributed by atoms with Gasteiger partial charge in [0, 0.05) is 9.50 Å². The molecule has 0 saturated heterocycles. The summed E-state index contributed by atoms with van der Waals surface area (Å²) in [4.78, 5) is 23.5. The SMILES string of the molecule is CCC(CC)(NC(=O)c1ccc(Cl)cc1Br)C(=O)O. The molecule has 1 aromatic rings. The zero-order valence-electron chi connectivity index (χ0n) is 10.7. The first-order valence-electron chi connectivity index (χ1n) is 5.87. The highest BCUT2D eigenvalue weighted by Gasteiger charge is 2.36. The highest BCUT2D eigenvalue weighted by molar-refractivity contribution is 9.10. The number of carboxylic acid groups (broad SMARTS) is 1. The molecule has 1 aromatic carbocycles. The fourth-order valence-electron chi connectivity index (χ4n) is 1.74. The molecule has 0 aliphatic rings. The molecular weight excluding hydrogens is 334 g/mol. The molecule has 0 aliphatic carbocycles. The molecule has 19 heavy (non-hydrogen) atoms. The molecule has 0 bridgehead atoms. The average molecular weight is 349 g/mol. The van der Waals surface area contributed by atoms with Gasteiger partial charge >= 0.3 is 5.97 Å². The molecule has 0 fully saturated rings. The normalized spacial score (nSPS) is 11.2. The van der Waals surface area contributed by atoms with E-state index in [4.69, 9.17) is 11.6 Å². The molecule has 0 spiro atoms. The monoisotopic (exact) mass is 347 g/mol. The van der Waals surface area contributed by atoms with E-state index >= 15 is 0 Å². The Balaban J connectivity index is 3.04. The summed E-state index contributed by atoms with van der Waals surface area (Å²) in [6.45, 7) is 3.46. The maximum atomic E-state index is 12.2. The number of amides is 1. The minimum absolute atomic E-state index is 0.315. The van der Waals surface area contributed by atoms with Gasteiger partial charge in [0.1, 0.15) is 5.54 Å². The Bertz CT molecular complexity index is 501. The lowest BCUT2D eigenvalue weighted by Crippen LogP contribution is -2.53. The van der Waals surface area contributed by atoms with Crippen LogP contribution < -0.4 is 5.32 Å². The van der Waals surface area contributed by atoms with Crippen LogP contribution in [-0.4, -0.2) is 22.5 Å². The van der Waals surface area contributed by atoms with Gasteiger partial charge < -0.3 is 10.4 Å². The van der Waals surface area contributed by atoms with Crippen molar-refractivity contribution in [3.63, 3.8) is 0 Å². The van der Waals surface area contributed by atoms with E-state index < -0.39 is 17.4 Å². The molecule has 0 unspecified atom stereocenters. The Hall–Kier alpha value is -1.07. The number of aliphatic carboxylic acids is 1. The largest absolute Gasteiger partial charge is 0.480 e. The van der Waals surface area contributed by atoms with Crippen LogP contribution in [0.4, 0.5) is 0 Å². The summed E-state index contributed by atoms with van der Waals surface area (Å²) < 4.78 is 0.531. The zero-order valence-corrected chi connectivity index (χ0v) is 13.0. The first-order valence-corrected chi connectivity index (χ1v) is 7.04.